The predicted molar refractivity (Wildman–Crippen MR) is 114 cm³/mol. The van der Waals surface area contributed by atoms with Crippen LogP contribution >= 0.6 is 12.2 Å². The number of methoxy groups -OCH3 is 2. The number of alkyl halides is 3. The maximum atomic E-state index is 13.4. The molecule has 1 aliphatic rings. The molecule has 0 unspecified atom stereocenters. The molecule has 0 bridgehead atoms. The molecule has 1 aliphatic heterocycles. The fourth-order valence-electron chi connectivity index (χ4n) is 4.26. The number of nitro benzene ring substituents is 1. The zero-order chi connectivity index (χ0) is 25.0. The van der Waals surface area contributed by atoms with Crippen LogP contribution in [-0.4, -0.2) is 46.8 Å². The van der Waals surface area contributed by atoms with Crippen LogP contribution in [0.2, 0.25) is 0 Å². The Morgan fingerprint density at radius 2 is 1.91 bits per heavy atom. The van der Waals surface area contributed by atoms with Crippen LogP contribution in [0.3, 0.4) is 0 Å². The molecule has 0 aliphatic carbocycles. The molecule has 3 aromatic rings. The van der Waals surface area contributed by atoms with Crippen LogP contribution in [0.15, 0.2) is 40.8 Å². The number of aromatic nitrogens is 1. The van der Waals surface area contributed by atoms with Gasteiger partial charge in [-0.15, -0.1) is 0 Å². The van der Waals surface area contributed by atoms with Gasteiger partial charge in [0.1, 0.15) is 11.9 Å². The van der Waals surface area contributed by atoms with Crippen molar-refractivity contribution in [2.75, 3.05) is 14.2 Å². The van der Waals surface area contributed by atoms with E-state index < -0.39 is 40.7 Å². The van der Waals surface area contributed by atoms with Crippen molar-refractivity contribution in [3.8, 4) is 5.75 Å². The lowest BCUT2D eigenvalue weighted by molar-refractivity contribution is -0.385. The van der Waals surface area contributed by atoms with Gasteiger partial charge >= 0.3 is 6.18 Å². The summed E-state index contributed by atoms with van der Waals surface area (Å²) in [5.41, 5.74) is -2.75. The minimum absolute atomic E-state index is 0.0420. The first-order valence-electron chi connectivity index (χ1n) is 9.85. The summed E-state index contributed by atoms with van der Waals surface area (Å²) in [4.78, 5) is 10.5. The Morgan fingerprint density at radius 1 is 1.24 bits per heavy atom. The van der Waals surface area contributed by atoms with Gasteiger partial charge in [0.15, 0.2) is 17.5 Å². The predicted octanol–water partition coefficient (Wildman–Crippen LogP) is 4.61. The third-order valence-electron chi connectivity index (χ3n) is 5.85. The molecule has 4 rings (SSSR count). The lowest BCUT2D eigenvalue weighted by Crippen LogP contribution is -2.60. The Hall–Kier alpha value is -3.00. The number of rotatable bonds is 5. The smallest absolute Gasteiger partial charge is 0.416 e. The number of aliphatic hydroxyl groups excluding tert-OH is 1. The third-order valence-corrected chi connectivity index (χ3v) is 6.13. The van der Waals surface area contributed by atoms with Gasteiger partial charge in [-0.25, -0.2) is 0 Å². The largest absolute Gasteiger partial charge is 0.479 e. The van der Waals surface area contributed by atoms with Gasteiger partial charge < -0.3 is 23.7 Å². The van der Waals surface area contributed by atoms with E-state index in [1.807, 2.05) is 0 Å². The van der Waals surface area contributed by atoms with Gasteiger partial charge in [-0.3, -0.25) is 14.7 Å². The van der Waals surface area contributed by atoms with Gasteiger partial charge in [0.05, 0.1) is 22.0 Å². The summed E-state index contributed by atoms with van der Waals surface area (Å²) in [5, 5.41) is 22.9. The SMILES string of the molecule is COC(OC)[C@]1(C)Oc2ccc([N+](=O)[O-])cc2[C@@H](n2c(=S)oc3ccc(C(F)(F)F)cc32)[C@H]1O. The molecule has 2 heterocycles. The number of benzene rings is 2. The second-order valence-electron chi connectivity index (χ2n) is 7.88. The molecule has 13 heteroatoms. The van der Waals surface area contributed by atoms with Gasteiger partial charge in [-0.1, -0.05) is 0 Å². The number of non-ortho nitro benzene ring substituents is 1. The van der Waals surface area contributed by atoms with E-state index >= 15 is 0 Å². The number of nitro groups is 1. The van der Waals surface area contributed by atoms with Crippen LogP contribution in [0.25, 0.3) is 11.1 Å². The molecule has 182 valence electrons. The van der Waals surface area contributed by atoms with E-state index in [9.17, 15) is 28.4 Å². The maximum Gasteiger partial charge on any atom is 0.416 e. The van der Waals surface area contributed by atoms with E-state index in [0.29, 0.717) is 0 Å². The standard InChI is InChI=1S/C21H19F3N2O7S/c1-20(18(30-2)31-3)17(27)16(12-9-11(26(28)29)5-7-14(12)33-20)25-13-8-10(21(22,23)24)4-6-15(13)32-19(25)34/h4-9,16-18,27H,1-3H3/t16-,17-,20-/m1/s1. The average molecular weight is 500 g/mol. The number of oxazole rings is 1. The Kier molecular flexibility index (Phi) is 5.92. The van der Waals surface area contributed by atoms with Crippen molar-refractivity contribution in [3.05, 3.63) is 62.5 Å². The topological polar surface area (TPSA) is 109 Å². The molecule has 0 spiro atoms. The number of hydrogen-bond donors (Lipinski definition) is 1. The van der Waals surface area contributed by atoms with Gasteiger partial charge in [0.25, 0.3) is 10.5 Å². The fraction of sp³-hybridized carbons (Fsp3) is 0.381. The molecule has 34 heavy (non-hydrogen) atoms. The Labute approximate surface area is 195 Å². The van der Waals surface area contributed by atoms with E-state index in [0.717, 1.165) is 18.2 Å². The van der Waals surface area contributed by atoms with Crippen molar-refractivity contribution in [1.82, 2.24) is 4.57 Å². The van der Waals surface area contributed by atoms with E-state index in [1.54, 1.807) is 0 Å². The number of ether oxygens (including phenoxy) is 3. The highest BCUT2D eigenvalue weighted by atomic mass is 32.1. The molecule has 0 saturated carbocycles. The van der Waals surface area contributed by atoms with E-state index in [2.05, 4.69) is 0 Å². The van der Waals surface area contributed by atoms with Crippen LogP contribution in [-0.2, 0) is 15.7 Å². The Bertz CT molecular complexity index is 1320. The summed E-state index contributed by atoms with van der Waals surface area (Å²) in [6.45, 7) is 1.49. The number of nitrogens with zero attached hydrogens (tertiary/aromatic N) is 2. The first-order chi connectivity index (χ1) is 15.9. The molecule has 0 fully saturated rings. The van der Waals surface area contributed by atoms with E-state index in [-0.39, 0.29) is 32.9 Å². The lowest BCUT2D eigenvalue weighted by Gasteiger charge is -2.46. The highest BCUT2D eigenvalue weighted by molar-refractivity contribution is 7.71. The molecule has 2 aromatic carbocycles. The minimum atomic E-state index is -4.65. The maximum absolute atomic E-state index is 13.4. The number of aliphatic hydroxyl groups is 1. The molecule has 0 radical (unpaired) electrons. The average Bonchev–Trinajstić information content (AvgIpc) is 3.09. The summed E-state index contributed by atoms with van der Waals surface area (Å²) in [7, 11) is 2.65. The second kappa shape index (κ2) is 8.34. The van der Waals surface area contributed by atoms with Gasteiger partial charge in [-0.2, -0.15) is 13.2 Å². The van der Waals surface area contributed by atoms with Crippen LogP contribution in [0.5, 0.6) is 5.75 Å². The fourth-order valence-corrected chi connectivity index (χ4v) is 4.56. The van der Waals surface area contributed by atoms with E-state index in [4.69, 9.17) is 30.8 Å². The molecule has 0 amide bonds. The van der Waals surface area contributed by atoms with Crippen molar-refractivity contribution < 1.29 is 41.8 Å². The molecule has 0 saturated heterocycles. The zero-order valence-corrected chi connectivity index (χ0v) is 18.8. The van der Waals surface area contributed by atoms with Gasteiger partial charge in [0.2, 0.25) is 0 Å². The third kappa shape index (κ3) is 3.74. The van der Waals surface area contributed by atoms with Gasteiger partial charge in [0, 0.05) is 31.9 Å². The summed E-state index contributed by atoms with van der Waals surface area (Å²) in [6.07, 6.45) is -7.32. The number of halogens is 3. The van der Waals surface area contributed by atoms with Crippen LogP contribution in [0.1, 0.15) is 24.1 Å². The molecular formula is C21H19F3N2O7S. The van der Waals surface area contributed by atoms with E-state index in [1.165, 1.54) is 43.9 Å². The van der Waals surface area contributed by atoms with Gasteiger partial charge in [-0.05, 0) is 43.4 Å². The first-order valence-corrected chi connectivity index (χ1v) is 10.3. The van der Waals surface area contributed by atoms with Crippen LogP contribution in [0.4, 0.5) is 18.9 Å². The van der Waals surface area contributed by atoms with Crippen molar-refractivity contribution >= 4 is 29.0 Å². The van der Waals surface area contributed by atoms with Crippen molar-refractivity contribution in [1.29, 1.82) is 0 Å². The van der Waals surface area contributed by atoms with Crippen LogP contribution < -0.4 is 4.74 Å². The first kappa shape index (κ1) is 24.1. The Balaban J connectivity index is 2.03. The second-order valence-corrected chi connectivity index (χ2v) is 8.23. The summed E-state index contributed by atoms with van der Waals surface area (Å²) in [5.74, 6) is 0.130. The summed E-state index contributed by atoms with van der Waals surface area (Å²) in [6, 6.07) is 5.29. The quantitative estimate of drug-likeness (QED) is 0.234. The highest BCUT2D eigenvalue weighted by Gasteiger charge is 2.53. The summed E-state index contributed by atoms with van der Waals surface area (Å²) < 4.78 is 63.6. The molecule has 1 aromatic heterocycles. The lowest BCUT2D eigenvalue weighted by atomic mass is 9.84. The van der Waals surface area contributed by atoms with Crippen molar-refractivity contribution in [3.63, 3.8) is 0 Å². The van der Waals surface area contributed by atoms with Crippen molar-refractivity contribution in [2.24, 2.45) is 0 Å². The monoisotopic (exact) mass is 500 g/mol. The molecule has 3 atom stereocenters. The normalized spacial score (nSPS) is 22.6. The highest BCUT2D eigenvalue weighted by Crippen LogP contribution is 2.47. The summed E-state index contributed by atoms with van der Waals surface area (Å²) >= 11 is 5.30. The molecule has 1 N–H and O–H groups in total. The number of fused-ring (bicyclic) bond motifs is 2. The molecular weight excluding hydrogens is 481 g/mol. The molecule has 9 nitrogen and oxygen atoms in total. The van der Waals surface area contributed by atoms with Crippen molar-refractivity contribution in [2.45, 2.75) is 37.1 Å². The number of hydrogen-bond acceptors (Lipinski definition) is 8. The zero-order valence-electron chi connectivity index (χ0n) is 18.0. The van der Waals surface area contributed by atoms with Crippen LogP contribution in [0, 0.1) is 15.0 Å². The minimum Gasteiger partial charge on any atom is -0.479 e. The Morgan fingerprint density at radius 3 is 2.50 bits per heavy atom.